The van der Waals surface area contributed by atoms with Crippen LogP contribution in [0.1, 0.15) is 45.6 Å². The first-order chi connectivity index (χ1) is 12.7. The molecule has 1 atom stereocenters. The van der Waals surface area contributed by atoms with Gasteiger partial charge in [0, 0.05) is 27.9 Å². The number of ether oxygens (including phenoxy) is 1. The minimum Gasteiger partial charge on any atom is -0.466 e. The maximum absolute atomic E-state index is 12.5. The highest BCUT2D eigenvalue weighted by molar-refractivity contribution is 6.35. The van der Waals surface area contributed by atoms with Crippen molar-refractivity contribution in [3.05, 3.63) is 58.1 Å². The van der Waals surface area contributed by atoms with Crippen molar-refractivity contribution in [1.29, 1.82) is 0 Å². The Bertz CT molecular complexity index is 826. The van der Waals surface area contributed by atoms with Crippen LogP contribution in [0, 0.1) is 5.41 Å². The van der Waals surface area contributed by atoms with Gasteiger partial charge in [0.05, 0.1) is 12.0 Å². The second-order valence-corrected chi connectivity index (χ2v) is 7.99. The summed E-state index contributed by atoms with van der Waals surface area (Å²) in [6, 6.07) is 13.0. The fourth-order valence-corrected chi connectivity index (χ4v) is 3.55. The summed E-state index contributed by atoms with van der Waals surface area (Å²) in [6.07, 6.45) is 0.267. The fourth-order valence-electron chi connectivity index (χ4n) is 3.15. The van der Waals surface area contributed by atoms with Crippen molar-refractivity contribution in [2.24, 2.45) is 5.41 Å². The Hall–Kier alpha value is -1.84. The van der Waals surface area contributed by atoms with Crippen molar-refractivity contribution < 1.29 is 14.3 Å². The first-order valence-corrected chi connectivity index (χ1v) is 9.64. The lowest BCUT2D eigenvalue weighted by Gasteiger charge is -2.32. The van der Waals surface area contributed by atoms with E-state index in [0.717, 1.165) is 16.7 Å². The van der Waals surface area contributed by atoms with E-state index in [0.29, 0.717) is 16.7 Å². The van der Waals surface area contributed by atoms with Crippen molar-refractivity contribution in [3.8, 4) is 11.1 Å². The van der Waals surface area contributed by atoms with Gasteiger partial charge in [-0.1, -0.05) is 47.5 Å². The van der Waals surface area contributed by atoms with Crippen molar-refractivity contribution in [2.75, 3.05) is 6.61 Å². The molecule has 0 radical (unpaired) electrons. The van der Waals surface area contributed by atoms with Gasteiger partial charge in [-0.05, 0) is 57.0 Å². The Balaban J connectivity index is 2.41. The maximum atomic E-state index is 12.5. The second kappa shape index (κ2) is 8.90. The average molecular weight is 407 g/mol. The minimum absolute atomic E-state index is 0.0272. The number of carbonyl (C=O) groups is 2. The van der Waals surface area contributed by atoms with Crippen LogP contribution in [0.4, 0.5) is 0 Å². The monoisotopic (exact) mass is 406 g/mol. The Labute approximate surface area is 170 Å². The quantitative estimate of drug-likeness (QED) is 0.505. The van der Waals surface area contributed by atoms with Crippen molar-refractivity contribution in [2.45, 2.75) is 40.0 Å². The molecule has 0 aromatic heterocycles. The van der Waals surface area contributed by atoms with Gasteiger partial charge in [0.15, 0.2) is 0 Å². The number of carbonyl (C=O) groups excluding carboxylic acids is 2. The molecule has 5 heteroatoms. The molecule has 0 aliphatic rings. The van der Waals surface area contributed by atoms with E-state index in [1.807, 2.05) is 44.2 Å². The number of hydrogen-bond donors (Lipinski definition) is 0. The molecule has 0 aliphatic heterocycles. The number of halogens is 2. The topological polar surface area (TPSA) is 43.4 Å². The van der Waals surface area contributed by atoms with Crippen LogP contribution in [0.3, 0.4) is 0 Å². The number of benzene rings is 2. The molecule has 27 heavy (non-hydrogen) atoms. The molecule has 1 unspecified atom stereocenters. The van der Waals surface area contributed by atoms with E-state index in [1.165, 1.54) is 6.92 Å². The number of ketones is 1. The molecule has 0 aliphatic carbocycles. The van der Waals surface area contributed by atoms with Crippen molar-refractivity contribution >= 4 is 35.0 Å². The predicted octanol–water partition coefficient (Wildman–Crippen LogP) is 6.31. The molecule has 0 N–H and O–H groups in total. The molecule has 2 aromatic carbocycles. The van der Waals surface area contributed by atoms with Crippen LogP contribution in [0.15, 0.2) is 42.5 Å². The van der Waals surface area contributed by atoms with Crippen LogP contribution in [0.5, 0.6) is 0 Å². The highest BCUT2D eigenvalue weighted by Gasteiger charge is 2.39. The molecular formula is C22H24Cl2O3. The highest BCUT2D eigenvalue weighted by Crippen LogP contribution is 2.40. The first-order valence-electron chi connectivity index (χ1n) is 8.88. The lowest BCUT2D eigenvalue weighted by atomic mass is 9.72. The Kier molecular flexibility index (Phi) is 7.07. The molecule has 0 amide bonds. The van der Waals surface area contributed by atoms with E-state index in [1.54, 1.807) is 19.1 Å². The minimum atomic E-state index is -0.823. The van der Waals surface area contributed by atoms with E-state index in [9.17, 15) is 9.59 Å². The third-order valence-corrected chi connectivity index (χ3v) is 5.28. The van der Waals surface area contributed by atoms with Gasteiger partial charge in [-0.3, -0.25) is 4.79 Å². The van der Waals surface area contributed by atoms with E-state index >= 15 is 0 Å². The van der Waals surface area contributed by atoms with Crippen LogP contribution in [0.2, 0.25) is 10.0 Å². The standard InChI is InChI=1S/C22H24Cl2O3/c1-5-27-21(26)22(3,4)19(12-14(2)25)16-8-6-15(7-9-16)18-13-17(23)10-11-20(18)24/h6-11,13,19H,5,12H2,1-4H3. The smallest absolute Gasteiger partial charge is 0.312 e. The lowest BCUT2D eigenvalue weighted by Crippen LogP contribution is -2.34. The van der Waals surface area contributed by atoms with Gasteiger partial charge in [0.1, 0.15) is 5.78 Å². The number of Topliss-reactive ketones (excluding diaryl/α,β-unsaturated/α-hetero) is 1. The van der Waals surface area contributed by atoms with Gasteiger partial charge in [0.2, 0.25) is 0 Å². The molecular weight excluding hydrogens is 383 g/mol. The molecule has 144 valence electrons. The molecule has 0 saturated heterocycles. The highest BCUT2D eigenvalue weighted by atomic mass is 35.5. The van der Waals surface area contributed by atoms with Crippen LogP contribution >= 0.6 is 23.2 Å². The molecule has 0 saturated carbocycles. The number of rotatable bonds is 7. The zero-order valence-electron chi connectivity index (χ0n) is 16.0. The van der Waals surface area contributed by atoms with Crippen LogP contribution in [0.25, 0.3) is 11.1 Å². The summed E-state index contributed by atoms with van der Waals surface area (Å²) >= 11 is 12.4. The summed E-state index contributed by atoms with van der Waals surface area (Å²) in [5, 5.41) is 1.22. The SMILES string of the molecule is CCOC(=O)C(C)(C)C(CC(C)=O)c1ccc(-c2cc(Cl)ccc2Cl)cc1. The van der Waals surface area contributed by atoms with Crippen molar-refractivity contribution in [1.82, 2.24) is 0 Å². The molecule has 2 rings (SSSR count). The van der Waals surface area contributed by atoms with Gasteiger partial charge in [0.25, 0.3) is 0 Å². The lowest BCUT2D eigenvalue weighted by molar-refractivity contribution is -0.155. The molecule has 3 nitrogen and oxygen atoms in total. The molecule has 2 aromatic rings. The van der Waals surface area contributed by atoms with E-state index in [-0.39, 0.29) is 24.1 Å². The second-order valence-electron chi connectivity index (χ2n) is 7.15. The van der Waals surface area contributed by atoms with E-state index in [2.05, 4.69) is 0 Å². The maximum Gasteiger partial charge on any atom is 0.312 e. The first kappa shape index (κ1) is 21.5. The average Bonchev–Trinajstić information content (AvgIpc) is 2.62. The summed E-state index contributed by atoms with van der Waals surface area (Å²) in [4.78, 5) is 24.3. The van der Waals surface area contributed by atoms with Gasteiger partial charge in [-0.2, -0.15) is 0 Å². The molecule has 0 bridgehead atoms. The molecule has 0 heterocycles. The normalized spacial score (nSPS) is 12.5. The number of hydrogen-bond acceptors (Lipinski definition) is 3. The summed E-state index contributed by atoms with van der Waals surface area (Å²) in [7, 11) is 0. The molecule has 0 spiro atoms. The molecule has 0 fully saturated rings. The summed E-state index contributed by atoms with van der Waals surface area (Å²) < 4.78 is 5.23. The Morgan fingerprint density at radius 3 is 2.26 bits per heavy atom. The summed E-state index contributed by atoms with van der Waals surface area (Å²) in [5.41, 5.74) is 1.84. The van der Waals surface area contributed by atoms with Crippen molar-refractivity contribution in [3.63, 3.8) is 0 Å². The van der Waals surface area contributed by atoms with Gasteiger partial charge < -0.3 is 9.53 Å². The fraction of sp³-hybridized carbons (Fsp3) is 0.364. The summed E-state index contributed by atoms with van der Waals surface area (Å²) in [5.74, 6) is -0.560. The Morgan fingerprint density at radius 1 is 1.07 bits per heavy atom. The zero-order valence-corrected chi connectivity index (χ0v) is 17.5. The third-order valence-electron chi connectivity index (χ3n) is 4.72. The van der Waals surface area contributed by atoms with E-state index < -0.39 is 5.41 Å². The summed E-state index contributed by atoms with van der Waals surface area (Å²) in [6.45, 7) is 7.26. The largest absolute Gasteiger partial charge is 0.466 e. The van der Waals surface area contributed by atoms with Crippen LogP contribution in [-0.2, 0) is 14.3 Å². The van der Waals surface area contributed by atoms with Gasteiger partial charge in [-0.15, -0.1) is 0 Å². The Morgan fingerprint density at radius 2 is 1.70 bits per heavy atom. The van der Waals surface area contributed by atoms with Gasteiger partial charge >= 0.3 is 5.97 Å². The number of esters is 1. The third kappa shape index (κ3) is 5.12. The predicted molar refractivity (Wildman–Crippen MR) is 110 cm³/mol. The van der Waals surface area contributed by atoms with Crippen LogP contribution < -0.4 is 0 Å². The zero-order chi connectivity index (χ0) is 20.2. The van der Waals surface area contributed by atoms with Crippen LogP contribution in [-0.4, -0.2) is 18.4 Å². The van der Waals surface area contributed by atoms with E-state index in [4.69, 9.17) is 27.9 Å². The van der Waals surface area contributed by atoms with Gasteiger partial charge in [-0.25, -0.2) is 0 Å².